The summed E-state index contributed by atoms with van der Waals surface area (Å²) in [6.07, 6.45) is 0. The first-order valence-corrected chi connectivity index (χ1v) is 7.97. The summed E-state index contributed by atoms with van der Waals surface area (Å²) in [7, 11) is -4.47. The molecule has 0 aromatic heterocycles. The van der Waals surface area contributed by atoms with Crippen LogP contribution >= 0.6 is 0 Å². The summed E-state index contributed by atoms with van der Waals surface area (Å²) in [4.78, 5) is 19.7. The number of benzene rings is 2. The van der Waals surface area contributed by atoms with Crippen LogP contribution in [0.1, 0.15) is 11.1 Å². The van der Waals surface area contributed by atoms with Gasteiger partial charge in [-0.05, 0) is 43.2 Å². The number of hydrogen-bond acceptors (Lipinski definition) is 7. The third-order valence-electron chi connectivity index (χ3n) is 3.29. The van der Waals surface area contributed by atoms with Gasteiger partial charge in [-0.15, -0.1) is 0 Å². The van der Waals surface area contributed by atoms with Crippen LogP contribution in [0.4, 0.5) is 11.4 Å². The molecule has 0 radical (unpaired) electrons. The Hall–Kier alpha value is -3.01. The van der Waals surface area contributed by atoms with Crippen LogP contribution in [-0.2, 0) is 10.1 Å². The Balaban J connectivity index is 2.45. The fourth-order valence-corrected chi connectivity index (χ4v) is 3.08. The first-order valence-electron chi connectivity index (χ1n) is 6.56. The van der Waals surface area contributed by atoms with Gasteiger partial charge in [0, 0.05) is 18.2 Å². The van der Waals surface area contributed by atoms with E-state index < -0.39 is 30.5 Å². The van der Waals surface area contributed by atoms with E-state index in [1.807, 2.05) is 0 Å². The van der Waals surface area contributed by atoms with Crippen molar-refractivity contribution < 1.29 is 22.4 Å². The molecule has 0 aliphatic carbocycles. The van der Waals surface area contributed by atoms with E-state index in [2.05, 4.69) is 0 Å². The first-order chi connectivity index (χ1) is 11.1. The minimum absolute atomic E-state index is 0.187. The lowest BCUT2D eigenvalue weighted by molar-refractivity contribution is -0.388. The fraction of sp³-hybridized carbons (Fsp3) is 0.143. The molecule has 0 spiro atoms. The number of non-ortho nitro benzene ring substituents is 1. The van der Waals surface area contributed by atoms with Crippen LogP contribution in [0.2, 0.25) is 0 Å². The second-order valence-electron chi connectivity index (χ2n) is 4.95. The highest BCUT2D eigenvalue weighted by Gasteiger charge is 2.29. The van der Waals surface area contributed by atoms with E-state index in [9.17, 15) is 28.6 Å². The highest BCUT2D eigenvalue weighted by molar-refractivity contribution is 7.87. The van der Waals surface area contributed by atoms with Gasteiger partial charge in [-0.2, -0.15) is 8.42 Å². The van der Waals surface area contributed by atoms with Gasteiger partial charge in [0.2, 0.25) is 0 Å². The third kappa shape index (κ3) is 3.49. The van der Waals surface area contributed by atoms with Crippen LogP contribution in [0.3, 0.4) is 0 Å². The molecule has 0 bridgehead atoms. The molecular weight excluding hydrogens is 340 g/mol. The minimum atomic E-state index is -4.47. The largest absolute Gasteiger partial charge is 0.379 e. The molecule has 0 aliphatic heterocycles. The molecule has 0 N–H and O–H groups in total. The summed E-state index contributed by atoms with van der Waals surface area (Å²) < 4.78 is 29.6. The number of nitrogens with zero attached hydrogens (tertiary/aromatic N) is 2. The van der Waals surface area contributed by atoms with Crippen molar-refractivity contribution in [2.75, 3.05) is 0 Å². The number of nitro groups is 2. The van der Waals surface area contributed by atoms with Crippen molar-refractivity contribution >= 4 is 21.5 Å². The molecule has 0 saturated heterocycles. The zero-order chi connectivity index (χ0) is 18.1. The average Bonchev–Trinajstić information content (AvgIpc) is 2.49. The molecule has 0 atom stereocenters. The minimum Gasteiger partial charge on any atom is -0.379 e. The van der Waals surface area contributed by atoms with Crippen molar-refractivity contribution in [1.82, 2.24) is 0 Å². The van der Waals surface area contributed by atoms with E-state index in [-0.39, 0.29) is 11.4 Å². The molecule has 0 fully saturated rings. The molecule has 0 aliphatic rings. The Bertz CT molecular complexity index is 921. The summed E-state index contributed by atoms with van der Waals surface area (Å²) >= 11 is 0. The average molecular weight is 352 g/mol. The highest BCUT2D eigenvalue weighted by atomic mass is 32.2. The van der Waals surface area contributed by atoms with Crippen molar-refractivity contribution in [3.63, 3.8) is 0 Å². The van der Waals surface area contributed by atoms with E-state index >= 15 is 0 Å². The maximum atomic E-state index is 12.3. The molecule has 0 heterocycles. The normalized spacial score (nSPS) is 11.1. The molecule has 2 aromatic rings. The van der Waals surface area contributed by atoms with Crippen LogP contribution < -0.4 is 4.18 Å². The SMILES string of the molecule is Cc1cc([N+](=O)[O-])c(S(=O)(=O)Oc2ccc([N+](=O)[O-])cc2)cc1C. The van der Waals surface area contributed by atoms with Gasteiger partial charge >= 0.3 is 10.1 Å². The maximum Gasteiger partial charge on any atom is 0.346 e. The Morgan fingerprint density at radius 2 is 1.46 bits per heavy atom. The van der Waals surface area contributed by atoms with E-state index in [0.29, 0.717) is 11.1 Å². The van der Waals surface area contributed by atoms with Gasteiger partial charge in [0.05, 0.1) is 9.85 Å². The molecule has 2 aromatic carbocycles. The Morgan fingerprint density at radius 1 is 0.917 bits per heavy atom. The van der Waals surface area contributed by atoms with Gasteiger partial charge in [0.1, 0.15) is 5.75 Å². The smallest absolute Gasteiger partial charge is 0.346 e. The van der Waals surface area contributed by atoms with Crippen LogP contribution in [0.25, 0.3) is 0 Å². The maximum absolute atomic E-state index is 12.3. The summed E-state index contributed by atoms with van der Waals surface area (Å²) in [5.74, 6) is -0.187. The monoisotopic (exact) mass is 352 g/mol. The summed E-state index contributed by atoms with van der Waals surface area (Å²) in [6, 6.07) is 6.65. The second-order valence-corrected chi connectivity index (χ2v) is 6.46. The van der Waals surface area contributed by atoms with Crippen LogP contribution in [0, 0.1) is 34.1 Å². The Labute approximate surface area is 136 Å². The van der Waals surface area contributed by atoms with Gasteiger partial charge in [-0.25, -0.2) is 0 Å². The highest BCUT2D eigenvalue weighted by Crippen LogP contribution is 2.30. The molecular formula is C14H12N2O7S. The zero-order valence-electron chi connectivity index (χ0n) is 12.6. The van der Waals surface area contributed by atoms with Crippen LogP contribution in [0.5, 0.6) is 5.75 Å². The fourth-order valence-electron chi connectivity index (χ4n) is 1.91. The van der Waals surface area contributed by atoms with Crippen LogP contribution in [0.15, 0.2) is 41.3 Å². The van der Waals surface area contributed by atoms with E-state index in [1.165, 1.54) is 0 Å². The van der Waals surface area contributed by atoms with Gasteiger partial charge in [0.25, 0.3) is 11.4 Å². The van der Waals surface area contributed by atoms with Crippen LogP contribution in [-0.4, -0.2) is 18.3 Å². The first kappa shape index (κ1) is 17.3. The predicted molar refractivity (Wildman–Crippen MR) is 83.5 cm³/mol. The van der Waals surface area contributed by atoms with Crippen molar-refractivity contribution in [2.24, 2.45) is 0 Å². The van der Waals surface area contributed by atoms with Crippen molar-refractivity contribution in [2.45, 2.75) is 18.7 Å². The lowest BCUT2D eigenvalue weighted by atomic mass is 10.1. The molecule has 24 heavy (non-hydrogen) atoms. The van der Waals surface area contributed by atoms with Gasteiger partial charge in [-0.1, -0.05) is 0 Å². The van der Waals surface area contributed by atoms with Gasteiger partial charge in [0.15, 0.2) is 4.90 Å². The number of rotatable bonds is 5. The molecule has 0 saturated carbocycles. The van der Waals surface area contributed by atoms with E-state index in [1.54, 1.807) is 13.8 Å². The molecule has 10 heteroatoms. The molecule has 0 amide bonds. The third-order valence-corrected chi connectivity index (χ3v) is 4.57. The lowest BCUT2D eigenvalue weighted by Crippen LogP contribution is -2.12. The topological polar surface area (TPSA) is 130 Å². The Morgan fingerprint density at radius 3 is 1.96 bits per heavy atom. The molecule has 9 nitrogen and oxygen atoms in total. The van der Waals surface area contributed by atoms with Gasteiger partial charge < -0.3 is 4.18 Å². The zero-order valence-corrected chi connectivity index (χ0v) is 13.4. The standard InChI is InChI=1S/C14H12N2O7S/c1-9-7-13(16(19)20)14(8-10(9)2)24(21,22)23-12-5-3-11(4-6-12)15(17)18/h3-8H,1-2H3. The van der Waals surface area contributed by atoms with E-state index in [0.717, 1.165) is 36.4 Å². The predicted octanol–water partition coefficient (Wildman–Crippen LogP) is 2.89. The number of nitro benzene ring substituents is 2. The molecule has 2 rings (SSSR count). The summed E-state index contributed by atoms with van der Waals surface area (Å²) in [5, 5.41) is 21.7. The Kier molecular flexibility index (Phi) is 4.51. The number of hydrogen-bond donors (Lipinski definition) is 0. The quantitative estimate of drug-likeness (QED) is 0.459. The van der Waals surface area contributed by atoms with E-state index in [4.69, 9.17) is 4.18 Å². The summed E-state index contributed by atoms with van der Waals surface area (Å²) in [5.41, 5.74) is 0.277. The van der Waals surface area contributed by atoms with Crippen molar-refractivity contribution in [3.8, 4) is 5.75 Å². The number of aryl methyl sites for hydroxylation is 2. The van der Waals surface area contributed by atoms with Crippen molar-refractivity contribution in [1.29, 1.82) is 0 Å². The summed E-state index contributed by atoms with van der Waals surface area (Å²) in [6.45, 7) is 3.24. The van der Waals surface area contributed by atoms with Crippen molar-refractivity contribution in [3.05, 3.63) is 67.8 Å². The lowest BCUT2D eigenvalue weighted by Gasteiger charge is -2.09. The van der Waals surface area contributed by atoms with Gasteiger partial charge in [-0.3, -0.25) is 20.2 Å². The molecule has 0 unspecified atom stereocenters. The molecule has 126 valence electrons. The second kappa shape index (κ2) is 6.24.